The van der Waals surface area contributed by atoms with Gasteiger partial charge in [-0.2, -0.15) is 0 Å². The van der Waals surface area contributed by atoms with Crippen molar-refractivity contribution in [3.63, 3.8) is 0 Å². The molecule has 0 radical (unpaired) electrons. The minimum absolute atomic E-state index is 0.155. The zero-order valence-electron chi connectivity index (χ0n) is 13.8. The van der Waals surface area contributed by atoms with E-state index in [2.05, 4.69) is 17.2 Å². The van der Waals surface area contributed by atoms with E-state index >= 15 is 0 Å². The standard InChI is InChI=1S/C18H23N3O2S/c1-2-14-16(13-6-4-3-5-7-13)20-18(24-14)21-17(22)15(19)12-8-10-23-11-9-12/h3-7,12,15H,2,8-11,19H2,1H3,(H,20,21,22). The Morgan fingerprint density at radius 2 is 2.08 bits per heavy atom. The number of aryl methyl sites for hydroxylation is 1. The van der Waals surface area contributed by atoms with Crippen LogP contribution in [0, 0.1) is 5.92 Å². The minimum atomic E-state index is -0.511. The molecule has 0 saturated carbocycles. The molecule has 24 heavy (non-hydrogen) atoms. The maximum absolute atomic E-state index is 12.4. The van der Waals surface area contributed by atoms with Crippen LogP contribution >= 0.6 is 11.3 Å². The predicted octanol–water partition coefficient (Wildman–Crippen LogP) is 3.06. The van der Waals surface area contributed by atoms with Crippen molar-refractivity contribution in [1.82, 2.24) is 4.98 Å². The lowest BCUT2D eigenvalue weighted by atomic mass is 9.92. The van der Waals surface area contributed by atoms with E-state index in [1.165, 1.54) is 11.3 Å². The van der Waals surface area contributed by atoms with Crippen molar-refractivity contribution in [2.75, 3.05) is 18.5 Å². The molecule has 6 heteroatoms. The number of amides is 1. The summed E-state index contributed by atoms with van der Waals surface area (Å²) in [7, 11) is 0. The average Bonchev–Trinajstić information content (AvgIpc) is 3.05. The van der Waals surface area contributed by atoms with Crippen molar-refractivity contribution in [1.29, 1.82) is 0 Å². The van der Waals surface area contributed by atoms with Gasteiger partial charge in [-0.1, -0.05) is 37.3 Å². The summed E-state index contributed by atoms with van der Waals surface area (Å²) >= 11 is 1.52. The molecular weight excluding hydrogens is 322 g/mol. The Morgan fingerprint density at radius 3 is 2.75 bits per heavy atom. The Labute approximate surface area is 146 Å². The van der Waals surface area contributed by atoms with E-state index in [0.717, 1.165) is 35.4 Å². The smallest absolute Gasteiger partial charge is 0.243 e. The first-order valence-corrected chi connectivity index (χ1v) is 9.20. The third-order valence-electron chi connectivity index (χ3n) is 4.37. The fraction of sp³-hybridized carbons (Fsp3) is 0.444. The summed E-state index contributed by atoms with van der Waals surface area (Å²) in [5.74, 6) is 0.0240. The highest BCUT2D eigenvalue weighted by Crippen LogP contribution is 2.31. The van der Waals surface area contributed by atoms with Gasteiger partial charge in [-0.05, 0) is 25.2 Å². The van der Waals surface area contributed by atoms with E-state index in [1.54, 1.807) is 0 Å². The van der Waals surface area contributed by atoms with Gasteiger partial charge < -0.3 is 15.8 Å². The van der Waals surface area contributed by atoms with Gasteiger partial charge in [0.15, 0.2) is 5.13 Å². The fourth-order valence-electron chi connectivity index (χ4n) is 2.94. The molecule has 3 N–H and O–H groups in total. The maximum atomic E-state index is 12.4. The maximum Gasteiger partial charge on any atom is 0.243 e. The van der Waals surface area contributed by atoms with Crippen LogP contribution in [0.1, 0.15) is 24.6 Å². The highest BCUT2D eigenvalue weighted by Gasteiger charge is 2.27. The number of carbonyl (C=O) groups excluding carboxylic acids is 1. The normalized spacial score (nSPS) is 16.8. The summed E-state index contributed by atoms with van der Waals surface area (Å²) < 4.78 is 5.33. The summed E-state index contributed by atoms with van der Waals surface area (Å²) in [6, 6.07) is 9.53. The molecule has 0 spiro atoms. The van der Waals surface area contributed by atoms with E-state index in [-0.39, 0.29) is 11.8 Å². The molecule has 1 fully saturated rings. The van der Waals surface area contributed by atoms with E-state index in [0.29, 0.717) is 18.3 Å². The first-order chi connectivity index (χ1) is 11.7. The Bertz CT molecular complexity index is 681. The Kier molecular flexibility index (Phi) is 5.60. The first kappa shape index (κ1) is 17.1. The summed E-state index contributed by atoms with van der Waals surface area (Å²) in [5.41, 5.74) is 8.15. The van der Waals surface area contributed by atoms with Gasteiger partial charge in [0.05, 0.1) is 11.7 Å². The summed E-state index contributed by atoms with van der Waals surface area (Å²) in [6.45, 7) is 3.46. The van der Waals surface area contributed by atoms with Gasteiger partial charge in [-0.3, -0.25) is 4.79 Å². The van der Waals surface area contributed by atoms with Crippen LogP contribution < -0.4 is 11.1 Å². The average molecular weight is 345 g/mol. The molecule has 0 aliphatic carbocycles. The molecule has 2 aromatic rings. The highest BCUT2D eigenvalue weighted by atomic mass is 32.1. The molecule has 5 nitrogen and oxygen atoms in total. The molecule has 128 valence electrons. The Balaban J connectivity index is 1.73. The quantitative estimate of drug-likeness (QED) is 0.873. The lowest BCUT2D eigenvalue weighted by Crippen LogP contribution is -2.43. The lowest BCUT2D eigenvalue weighted by Gasteiger charge is -2.26. The molecule has 1 aromatic heterocycles. The summed E-state index contributed by atoms with van der Waals surface area (Å²) in [4.78, 5) is 18.2. The van der Waals surface area contributed by atoms with E-state index in [1.807, 2.05) is 30.3 Å². The van der Waals surface area contributed by atoms with Crippen LogP contribution in [0.4, 0.5) is 5.13 Å². The number of benzene rings is 1. The van der Waals surface area contributed by atoms with Gasteiger partial charge in [0.2, 0.25) is 5.91 Å². The van der Waals surface area contributed by atoms with Crippen molar-refractivity contribution in [2.24, 2.45) is 11.7 Å². The zero-order chi connectivity index (χ0) is 16.9. The number of rotatable bonds is 5. The van der Waals surface area contributed by atoms with Crippen LogP contribution in [0.15, 0.2) is 30.3 Å². The Morgan fingerprint density at radius 1 is 1.38 bits per heavy atom. The number of hydrogen-bond acceptors (Lipinski definition) is 5. The molecule has 1 aliphatic rings. The number of nitrogens with zero attached hydrogens (tertiary/aromatic N) is 1. The van der Waals surface area contributed by atoms with Crippen molar-refractivity contribution < 1.29 is 9.53 Å². The zero-order valence-corrected chi connectivity index (χ0v) is 14.6. The van der Waals surface area contributed by atoms with Crippen LogP contribution in [-0.4, -0.2) is 30.1 Å². The molecular formula is C18H23N3O2S. The summed E-state index contributed by atoms with van der Waals surface area (Å²) in [5, 5.41) is 3.53. The van der Waals surface area contributed by atoms with Crippen LogP contribution in [0.5, 0.6) is 0 Å². The number of hydrogen-bond donors (Lipinski definition) is 2. The van der Waals surface area contributed by atoms with Crippen LogP contribution in [0.25, 0.3) is 11.3 Å². The number of carbonyl (C=O) groups is 1. The summed E-state index contributed by atoms with van der Waals surface area (Å²) in [6.07, 6.45) is 2.55. The lowest BCUT2D eigenvalue weighted by molar-refractivity contribution is -0.119. The number of nitrogens with one attached hydrogen (secondary N) is 1. The third kappa shape index (κ3) is 3.83. The second-order valence-electron chi connectivity index (χ2n) is 5.98. The number of thiazole rings is 1. The Hall–Kier alpha value is -1.76. The molecule has 1 atom stereocenters. The molecule has 1 aliphatic heterocycles. The first-order valence-electron chi connectivity index (χ1n) is 8.38. The molecule has 1 amide bonds. The minimum Gasteiger partial charge on any atom is -0.381 e. The van der Waals surface area contributed by atoms with Gasteiger partial charge in [0.1, 0.15) is 0 Å². The van der Waals surface area contributed by atoms with Crippen LogP contribution in [-0.2, 0) is 16.0 Å². The number of ether oxygens (including phenoxy) is 1. The largest absolute Gasteiger partial charge is 0.381 e. The van der Waals surface area contributed by atoms with Crippen LogP contribution in [0.2, 0.25) is 0 Å². The monoisotopic (exact) mass is 345 g/mol. The fourth-order valence-corrected chi connectivity index (χ4v) is 3.87. The highest BCUT2D eigenvalue weighted by molar-refractivity contribution is 7.16. The van der Waals surface area contributed by atoms with Crippen molar-refractivity contribution in [3.8, 4) is 11.3 Å². The second kappa shape index (κ2) is 7.88. The number of aromatic nitrogens is 1. The number of nitrogens with two attached hydrogens (primary N) is 1. The van der Waals surface area contributed by atoms with E-state index in [9.17, 15) is 4.79 Å². The van der Waals surface area contributed by atoms with E-state index in [4.69, 9.17) is 10.5 Å². The third-order valence-corrected chi connectivity index (χ3v) is 5.49. The molecule has 1 saturated heterocycles. The van der Waals surface area contributed by atoms with Crippen molar-refractivity contribution in [2.45, 2.75) is 32.2 Å². The van der Waals surface area contributed by atoms with Gasteiger partial charge in [0, 0.05) is 23.7 Å². The van der Waals surface area contributed by atoms with Gasteiger partial charge >= 0.3 is 0 Å². The van der Waals surface area contributed by atoms with E-state index < -0.39 is 6.04 Å². The molecule has 1 aromatic carbocycles. The van der Waals surface area contributed by atoms with Crippen LogP contribution in [0.3, 0.4) is 0 Å². The topological polar surface area (TPSA) is 77.2 Å². The van der Waals surface area contributed by atoms with Crippen molar-refractivity contribution in [3.05, 3.63) is 35.2 Å². The predicted molar refractivity (Wildman–Crippen MR) is 97.1 cm³/mol. The van der Waals surface area contributed by atoms with Gasteiger partial charge in [-0.25, -0.2) is 4.98 Å². The second-order valence-corrected chi connectivity index (χ2v) is 7.06. The molecule has 2 heterocycles. The number of anilines is 1. The molecule has 1 unspecified atom stereocenters. The van der Waals surface area contributed by atoms with Crippen molar-refractivity contribution >= 4 is 22.4 Å². The van der Waals surface area contributed by atoms with Gasteiger partial charge in [0.25, 0.3) is 0 Å². The molecule has 3 rings (SSSR count). The van der Waals surface area contributed by atoms with Gasteiger partial charge in [-0.15, -0.1) is 11.3 Å². The molecule has 0 bridgehead atoms. The SMILES string of the molecule is CCc1sc(NC(=O)C(N)C2CCOCC2)nc1-c1ccccc1.